The van der Waals surface area contributed by atoms with Gasteiger partial charge in [-0.05, 0) is 43.0 Å². The molecule has 1 aromatic carbocycles. The Morgan fingerprint density at radius 3 is 2.78 bits per heavy atom. The van der Waals surface area contributed by atoms with Gasteiger partial charge in [-0.15, -0.1) is 0 Å². The first-order valence-electron chi connectivity index (χ1n) is 6.13. The first-order valence-corrected chi connectivity index (χ1v) is 6.13. The van der Waals surface area contributed by atoms with Crippen LogP contribution in [-0.2, 0) is 17.8 Å². The van der Waals surface area contributed by atoms with E-state index < -0.39 is 5.97 Å². The number of fused-ring (bicyclic) bond motifs is 1. The molecule has 0 unspecified atom stereocenters. The number of nitrogens with zero attached hydrogens (tertiary/aromatic N) is 1. The first kappa shape index (κ1) is 12.9. The maximum Gasteiger partial charge on any atom is 0.317 e. The number of hydrogen-bond acceptors (Lipinski definition) is 3. The van der Waals surface area contributed by atoms with Gasteiger partial charge in [0.05, 0.1) is 13.7 Å². The van der Waals surface area contributed by atoms with E-state index in [1.54, 1.807) is 7.11 Å². The quantitative estimate of drug-likeness (QED) is 0.886. The van der Waals surface area contributed by atoms with Crippen molar-refractivity contribution >= 4 is 5.97 Å². The SMILES string of the molecule is COc1cc(C)c(C)c2c1CN(CC(=O)O)CC2. The number of aliphatic carboxylic acids is 1. The maximum absolute atomic E-state index is 10.8. The topological polar surface area (TPSA) is 49.8 Å². The van der Waals surface area contributed by atoms with Crippen LogP contribution in [0.5, 0.6) is 5.75 Å². The van der Waals surface area contributed by atoms with Crippen molar-refractivity contribution in [2.45, 2.75) is 26.8 Å². The van der Waals surface area contributed by atoms with Crippen LogP contribution in [-0.4, -0.2) is 36.2 Å². The van der Waals surface area contributed by atoms with Crippen LogP contribution in [0, 0.1) is 13.8 Å². The van der Waals surface area contributed by atoms with Crippen LogP contribution in [0.3, 0.4) is 0 Å². The third-order valence-electron chi connectivity index (χ3n) is 3.69. The monoisotopic (exact) mass is 249 g/mol. The van der Waals surface area contributed by atoms with Gasteiger partial charge in [0.15, 0.2) is 0 Å². The molecule has 1 aromatic rings. The fraction of sp³-hybridized carbons (Fsp3) is 0.500. The highest BCUT2D eigenvalue weighted by molar-refractivity contribution is 5.69. The number of ether oxygens (including phenoxy) is 1. The van der Waals surface area contributed by atoms with Gasteiger partial charge in [-0.3, -0.25) is 9.69 Å². The molecule has 0 saturated heterocycles. The number of carbonyl (C=O) groups is 1. The summed E-state index contributed by atoms with van der Waals surface area (Å²) in [5.41, 5.74) is 5.01. The minimum atomic E-state index is -0.777. The highest BCUT2D eigenvalue weighted by atomic mass is 16.5. The predicted octanol–water partition coefficient (Wildman–Crippen LogP) is 1.75. The average Bonchev–Trinajstić information content (AvgIpc) is 2.33. The molecule has 0 aromatic heterocycles. The third kappa shape index (κ3) is 2.34. The molecule has 0 spiro atoms. The number of rotatable bonds is 3. The molecule has 1 N–H and O–H groups in total. The Kier molecular flexibility index (Phi) is 3.57. The van der Waals surface area contributed by atoms with Crippen molar-refractivity contribution in [1.29, 1.82) is 0 Å². The van der Waals surface area contributed by atoms with Crippen LogP contribution in [0.1, 0.15) is 22.3 Å². The van der Waals surface area contributed by atoms with Gasteiger partial charge < -0.3 is 9.84 Å². The molecule has 4 nitrogen and oxygen atoms in total. The third-order valence-corrected chi connectivity index (χ3v) is 3.69. The van der Waals surface area contributed by atoms with Gasteiger partial charge in [-0.1, -0.05) is 0 Å². The summed E-state index contributed by atoms with van der Waals surface area (Å²) in [5, 5.41) is 8.87. The molecule has 1 aliphatic rings. The molecule has 1 heterocycles. The van der Waals surface area contributed by atoms with Gasteiger partial charge >= 0.3 is 5.97 Å². The van der Waals surface area contributed by atoms with Gasteiger partial charge in [0, 0.05) is 18.7 Å². The summed E-state index contributed by atoms with van der Waals surface area (Å²) >= 11 is 0. The van der Waals surface area contributed by atoms with Crippen molar-refractivity contribution < 1.29 is 14.6 Å². The van der Waals surface area contributed by atoms with Gasteiger partial charge in [-0.2, -0.15) is 0 Å². The van der Waals surface area contributed by atoms with E-state index in [2.05, 4.69) is 13.8 Å². The van der Waals surface area contributed by atoms with Gasteiger partial charge in [0.25, 0.3) is 0 Å². The second-order valence-corrected chi connectivity index (χ2v) is 4.83. The fourth-order valence-corrected chi connectivity index (χ4v) is 2.60. The summed E-state index contributed by atoms with van der Waals surface area (Å²) in [6.45, 7) is 5.76. The smallest absolute Gasteiger partial charge is 0.317 e. The molecular weight excluding hydrogens is 230 g/mol. The number of carboxylic acid groups (broad SMARTS) is 1. The molecule has 0 radical (unpaired) electrons. The summed E-state index contributed by atoms with van der Waals surface area (Å²) in [6.07, 6.45) is 0.895. The minimum Gasteiger partial charge on any atom is -0.496 e. The lowest BCUT2D eigenvalue weighted by Gasteiger charge is -2.30. The largest absolute Gasteiger partial charge is 0.496 e. The molecule has 0 aliphatic carbocycles. The van der Waals surface area contributed by atoms with Crippen molar-refractivity contribution in [3.05, 3.63) is 28.3 Å². The maximum atomic E-state index is 10.8. The number of methoxy groups -OCH3 is 1. The number of hydrogen-bond donors (Lipinski definition) is 1. The summed E-state index contributed by atoms with van der Waals surface area (Å²) in [5.74, 6) is 0.101. The van der Waals surface area contributed by atoms with Crippen LogP contribution in [0.2, 0.25) is 0 Å². The zero-order chi connectivity index (χ0) is 13.3. The Labute approximate surface area is 107 Å². The highest BCUT2D eigenvalue weighted by Gasteiger charge is 2.23. The molecular formula is C14H19NO3. The number of aryl methyl sites for hydroxylation is 1. The first-order chi connectivity index (χ1) is 8.52. The molecule has 18 heavy (non-hydrogen) atoms. The zero-order valence-electron chi connectivity index (χ0n) is 11.1. The summed E-state index contributed by atoms with van der Waals surface area (Å²) in [4.78, 5) is 12.7. The predicted molar refractivity (Wildman–Crippen MR) is 69.1 cm³/mol. The van der Waals surface area contributed by atoms with E-state index in [0.29, 0.717) is 6.54 Å². The summed E-state index contributed by atoms with van der Waals surface area (Å²) < 4.78 is 5.43. The van der Waals surface area contributed by atoms with Crippen molar-refractivity contribution in [3.63, 3.8) is 0 Å². The molecule has 0 bridgehead atoms. The fourth-order valence-electron chi connectivity index (χ4n) is 2.60. The van der Waals surface area contributed by atoms with Crippen LogP contribution >= 0.6 is 0 Å². The summed E-state index contributed by atoms with van der Waals surface area (Å²) in [7, 11) is 1.67. The van der Waals surface area contributed by atoms with Gasteiger partial charge in [-0.25, -0.2) is 0 Å². The van der Waals surface area contributed by atoms with Crippen LogP contribution in [0.4, 0.5) is 0 Å². The Balaban J connectivity index is 2.36. The minimum absolute atomic E-state index is 0.0928. The van der Waals surface area contributed by atoms with E-state index >= 15 is 0 Å². The normalized spacial score (nSPS) is 15.3. The standard InChI is InChI=1S/C14H19NO3/c1-9-6-13(18-3)12-7-15(8-14(16)17)5-4-11(12)10(9)2/h6H,4-5,7-8H2,1-3H3,(H,16,17). The van der Waals surface area contributed by atoms with Crippen molar-refractivity contribution in [1.82, 2.24) is 4.90 Å². The molecule has 0 saturated carbocycles. The Morgan fingerprint density at radius 1 is 1.44 bits per heavy atom. The summed E-state index contributed by atoms with van der Waals surface area (Å²) in [6, 6.07) is 2.04. The zero-order valence-corrected chi connectivity index (χ0v) is 11.1. The second kappa shape index (κ2) is 4.98. The molecule has 0 atom stereocenters. The molecule has 1 aliphatic heterocycles. The lowest BCUT2D eigenvalue weighted by atomic mass is 9.91. The molecule has 2 rings (SSSR count). The number of carboxylic acids is 1. The molecule has 4 heteroatoms. The highest BCUT2D eigenvalue weighted by Crippen LogP contribution is 2.32. The van der Waals surface area contributed by atoms with Crippen LogP contribution in [0.15, 0.2) is 6.07 Å². The van der Waals surface area contributed by atoms with Gasteiger partial charge in [0.1, 0.15) is 5.75 Å². The van der Waals surface area contributed by atoms with Crippen molar-refractivity contribution in [3.8, 4) is 5.75 Å². The molecule has 0 amide bonds. The molecule has 0 fully saturated rings. The van der Waals surface area contributed by atoms with E-state index in [0.717, 1.165) is 24.3 Å². The van der Waals surface area contributed by atoms with Crippen LogP contribution < -0.4 is 4.74 Å². The van der Waals surface area contributed by atoms with E-state index in [-0.39, 0.29) is 6.54 Å². The second-order valence-electron chi connectivity index (χ2n) is 4.83. The van der Waals surface area contributed by atoms with E-state index in [4.69, 9.17) is 9.84 Å². The Morgan fingerprint density at radius 2 is 2.17 bits per heavy atom. The lowest BCUT2D eigenvalue weighted by Crippen LogP contribution is -2.35. The van der Waals surface area contributed by atoms with Crippen LogP contribution in [0.25, 0.3) is 0 Å². The number of benzene rings is 1. The average molecular weight is 249 g/mol. The Bertz CT molecular complexity index is 482. The van der Waals surface area contributed by atoms with Crippen molar-refractivity contribution in [2.24, 2.45) is 0 Å². The van der Waals surface area contributed by atoms with Gasteiger partial charge in [0.2, 0.25) is 0 Å². The van der Waals surface area contributed by atoms with E-state index in [9.17, 15) is 4.79 Å². The van der Waals surface area contributed by atoms with E-state index in [1.807, 2.05) is 11.0 Å². The van der Waals surface area contributed by atoms with E-state index in [1.165, 1.54) is 16.7 Å². The van der Waals surface area contributed by atoms with Crippen molar-refractivity contribution in [2.75, 3.05) is 20.2 Å². The molecule has 98 valence electrons. The lowest BCUT2D eigenvalue weighted by molar-refractivity contribution is -0.138. The Hall–Kier alpha value is -1.55.